The molecule has 1 aliphatic carbocycles. The Morgan fingerprint density at radius 3 is 1.33 bits per heavy atom. The van der Waals surface area contributed by atoms with Gasteiger partial charge in [-0.1, -0.05) is 188 Å². The minimum atomic E-state index is 0.421. The molecule has 0 saturated heterocycles. The van der Waals surface area contributed by atoms with Crippen LogP contribution in [0.2, 0.25) is 0 Å². The third-order valence-corrected chi connectivity index (χ3v) is 14.3. The van der Waals surface area contributed by atoms with Crippen molar-refractivity contribution in [2.45, 2.75) is 231 Å². The van der Waals surface area contributed by atoms with Gasteiger partial charge in [0, 0.05) is 16.5 Å². The van der Waals surface area contributed by atoms with Crippen LogP contribution in [0, 0.1) is 5.41 Å². The monoisotopic (exact) mass is 718 g/mol. The maximum atomic E-state index is 2.54. The van der Waals surface area contributed by atoms with Gasteiger partial charge in [0.25, 0.3) is 0 Å². The molecule has 0 N–H and O–H groups in total. The van der Waals surface area contributed by atoms with E-state index in [0.717, 1.165) is 11.7 Å². The topological polar surface area (TPSA) is 3.24 Å². The zero-order chi connectivity index (χ0) is 35.7. The van der Waals surface area contributed by atoms with Crippen LogP contribution in [0.25, 0.3) is 0 Å². The quantitative estimate of drug-likeness (QED) is 0.0361. The maximum absolute atomic E-state index is 2.54. The molecule has 288 valence electrons. The summed E-state index contributed by atoms with van der Waals surface area (Å²) in [5.74, 6) is 1.33. The molecule has 0 amide bonds. The highest BCUT2D eigenvalue weighted by Gasteiger charge is 2.49. The summed E-state index contributed by atoms with van der Waals surface area (Å²) in [4.78, 5) is 2.45. The number of unbranched alkanes of at least 4 members (excludes halogenated alkanes) is 21. The Morgan fingerprint density at radius 1 is 0.510 bits per heavy atom. The van der Waals surface area contributed by atoms with Gasteiger partial charge in [-0.3, -0.25) is 0 Å². The summed E-state index contributed by atoms with van der Waals surface area (Å²) in [6, 6.07) is 0. The molecule has 0 radical (unpaired) electrons. The van der Waals surface area contributed by atoms with Crippen LogP contribution >= 0.6 is 21.6 Å². The number of hydrogen-bond donors (Lipinski definition) is 0. The molecule has 1 unspecified atom stereocenters. The Morgan fingerprint density at radius 2 is 0.878 bits per heavy atom. The second-order valence-corrected chi connectivity index (χ2v) is 19.3. The van der Waals surface area contributed by atoms with Crippen LogP contribution in [0.3, 0.4) is 0 Å². The third kappa shape index (κ3) is 27.2. The molecule has 0 heterocycles. The summed E-state index contributed by atoms with van der Waals surface area (Å²) < 4.78 is 0. The van der Waals surface area contributed by atoms with Crippen LogP contribution in [0.4, 0.5) is 0 Å². The van der Waals surface area contributed by atoms with Gasteiger partial charge in [-0.15, -0.1) is 0 Å². The first kappa shape index (κ1) is 46.9. The van der Waals surface area contributed by atoms with Crippen molar-refractivity contribution in [1.82, 2.24) is 4.90 Å². The molecular formula is C46H87NS2. The average molecular weight is 718 g/mol. The van der Waals surface area contributed by atoms with Gasteiger partial charge in [0.15, 0.2) is 0 Å². The Kier molecular flexibility index (Phi) is 31.1. The van der Waals surface area contributed by atoms with Gasteiger partial charge in [0.05, 0.1) is 0 Å². The van der Waals surface area contributed by atoms with Crippen molar-refractivity contribution in [2.75, 3.05) is 19.8 Å². The SMILES string of the molecule is CCCCC/C=C\C/C=C\CCCCCCCCC(CCCCCCCC/C=C\CCCCCCCC)SSCC1(C)CC(C)(N(C)C)C1. The molecule has 3 heteroatoms. The lowest BCUT2D eigenvalue weighted by Crippen LogP contribution is -2.57. The van der Waals surface area contributed by atoms with E-state index < -0.39 is 0 Å². The first-order valence-corrected chi connectivity index (χ1v) is 24.1. The van der Waals surface area contributed by atoms with E-state index in [1.165, 1.54) is 192 Å². The van der Waals surface area contributed by atoms with Crippen LogP contribution in [0.5, 0.6) is 0 Å². The van der Waals surface area contributed by atoms with E-state index in [-0.39, 0.29) is 0 Å². The summed E-state index contributed by atoms with van der Waals surface area (Å²) in [6.07, 6.45) is 55.8. The summed E-state index contributed by atoms with van der Waals surface area (Å²) >= 11 is 0. The highest BCUT2D eigenvalue weighted by atomic mass is 33.1. The largest absolute Gasteiger partial charge is 0.304 e. The molecule has 0 aliphatic heterocycles. The lowest BCUT2D eigenvalue weighted by molar-refractivity contribution is -0.0247. The maximum Gasteiger partial charge on any atom is 0.0186 e. The Labute approximate surface area is 317 Å². The fourth-order valence-electron chi connectivity index (χ4n) is 7.70. The lowest BCUT2D eigenvalue weighted by Gasteiger charge is -2.56. The predicted molar refractivity (Wildman–Crippen MR) is 231 cm³/mol. The van der Waals surface area contributed by atoms with E-state index in [0.29, 0.717) is 11.0 Å². The Hall–Kier alpha value is -0.120. The van der Waals surface area contributed by atoms with Gasteiger partial charge in [0.2, 0.25) is 0 Å². The van der Waals surface area contributed by atoms with Crippen molar-refractivity contribution in [3.63, 3.8) is 0 Å². The second kappa shape index (κ2) is 32.5. The number of rotatable bonds is 36. The fraction of sp³-hybridized carbons (Fsp3) is 0.870. The first-order chi connectivity index (χ1) is 23.9. The smallest absolute Gasteiger partial charge is 0.0186 e. The number of nitrogens with zero attached hydrogens (tertiary/aromatic N) is 1. The summed E-state index contributed by atoms with van der Waals surface area (Å²) in [7, 11) is 9.01. The second-order valence-electron chi connectivity index (χ2n) is 16.6. The normalized spacial score (nSPS) is 20.4. The highest BCUT2D eigenvalue weighted by molar-refractivity contribution is 8.76. The number of hydrogen-bond acceptors (Lipinski definition) is 3. The lowest BCUT2D eigenvalue weighted by atomic mass is 9.59. The molecule has 1 fully saturated rings. The molecule has 0 spiro atoms. The average Bonchev–Trinajstić information content (AvgIpc) is 3.06. The summed E-state index contributed by atoms with van der Waals surface area (Å²) in [6.45, 7) is 9.57. The van der Waals surface area contributed by atoms with Crippen molar-refractivity contribution in [1.29, 1.82) is 0 Å². The van der Waals surface area contributed by atoms with Crippen LogP contribution in [0.1, 0.15) is 220 Å². The molecule has 1 saturated carbocycles. The number of allylic oxidation sites excluding steroid dienone is 6. The van der Waals surface area contributed by atoms with E-state index in [1.54, 1.807) is 0 Å². The molecule has 1 aliphatic rings. The third-order valence-electron chi connectivity index (χ3n) is 11.1. The van der Waals surface area contributed by atoms with Crippen molar-refractivity contribution < 1.29 is 0 Å². The molecule has 0 bridgehead atoms. The van der Waals surface area contributed by atoms with E-state index in [4.69, 9.17) is 0 Å². The van der Waals surface area contributed by atoms with E-state index >= 15 is 0 Å². The van der Waals surface area contributed by atoms with E-state index in [9.17, 15) is 0 Å². The standard InChI is InChI=1S/C46H87NS2/c1-7-9-11-13-15-17-19-21-23-25-27-29-31-33-35-37-39-44(49-48-43-45(3)41-46(4,42-45)47(5)6)40-38-36-34-32-30-28-26-24-22-20-18-16-14-12-10-8-2/h15,17,21-24,44H,7-14,16,18-20,25-43H2,1-6H3/b17-15-,23-21-,24-22-. The molecule has 49 heavy (non-hydrogen) atoms. The van der Waals surface area contributed by atoms with Gasteiger partial charge in [0.1, 0.15) is 0 Å². The molecule has 1 rings (SSSR count). The Bertz CT molecular complexity index is 793. The minimum Gasteiger partial charge on any atom is -0.304 e. The van der Waals surface area contributed by atoms with E-state index in [2.05, 4.69) is 105 Å². The van der Waals surface area contributed by atoms with Crippen LogP contribution in [-0.2, 0) is 0 Å². The van der Waals surface area contributed by atoms with E-state index in [1.807, 2.05) is 0 Å². The van der Waals surface area contributed by atoms with Gasteiger partial charge >= 0.3 is 0 Å². The van der Waals surface area contributed by atoms with Crippen molar-refractivity contribution in [3.05, 3.63) is 36.5 Å². The van der Waals surface area contributed by atoms with Gasteiger partial charge in [-0.05, 0) is 110 Å². The zero-order valence-electron chi connectivity index (χ0n) is 34.2. The molecule has 0 aromatic heterocycles. The molecule has 1 nitrogen and oxygen atoms in total. The van der Waals surface area contributed by atoms with Gasteiger partial charge in [-0.25, -0.2) is 0 Å². The first-order valence-electron chi connectivity index (χ1n) is 21.8. The minimum absolute atomic E-state index is 0.421. The van der Waals surface area contributed by atoms with Crippen LogP contribution in [0.15, 0.2) is 36.5 Å². The predicted octanol–water partition coefficient (Wildman–Crippen LogP) is 16.5. The molecular weight excluding hydrogens is 631 g/mol. The Balaban J connectivity index is 2.18. The summed E-state index contributed by atoms with van der Waals surface area (Å²) in [5, 5.41) is 0.858. The molecule has 0 aromatic rings. The molecule has 0 aromatic carbocycles. The fourth-order valence-corrected chi connectivity index (χ4v) is 11.2. The van der Waals surface area contributed by atoms with Crippen molar-refractivity contribution >= 4 is 21.6 Å². The highest BCUT2D eigenvalue weighted by Crippen LogP contribution is 2.53. The zero-order valence-corrected chi connectivity index (χ0v) is 35.9. The summed E-state index contributed by atoms with van der Waals surface area (Å²) in [5.41, 5.74) is 0.954. The van der Waals surface area contributed by atoms with Crippen LogP contribution < -0.4 is 0 Å². The van der Waals surface area contributed by atoms with Gasteiger partial charge < -0.3 is 4.90 Å². The van der Waals surface area contributed by atoms with Crippen molar-refractivity contribution in [2.24, 2.45) is 5.41 Å². The van der Waals surface area contributed by atoms with Gasteiger partial charge in [-0.2, -0.15) is 0 Å². The van der Waals surface area contributed by atoms with Crippen LogP contribution in [-0.4, -0.2) is 35.5 Å². The molecule has 1 atom stereocenters. The van der Waals surface area contributed by atoms with Crippen molar-refractivity contribution in [3.8, 4) is 0 Å².